The Labute approximate surface area is 120 Å². The van der Waals surface area contributed by atoms with Crippen LogP contribution in [0.25, 0.3) is 0 Å². The average molecular weight is 274 g/mol. The maximum absolute atomic E-state index is 5.96. The van der Waals surface area contributed by atoms with E-state index in [-0.39, 0.29) is 0 Å². The monoisotopic (exact) mass is 273 g/mol. The highest BCUT2D eigenvalue weighted by Gasteiger charge is 2.00. The first kappa shape index (κ1) is 14.1. The van der Waals surface area contributed by atoms with E-state index in [4.69, 9.17) is 11.6 Å². The normalized spacial score (nSPS) is 10.7. The lowest BCUT2D eigenvalue weighted by Crippen LogP contribution is -2.17. The Kier molecular flexibility index (Phi) is 5.00. The molecule has 0 saturated heterocycles. The molecule has 100 valence electrons. The molecule has 1 nitrogen and oxygen atoms in total. The van der Waals surface area contributed by atoms with Crippen molar-refractivity contribution in [2.75, 3.05) is 6.54 Å². The quantitative estimate of drug-likeness (QED) is 0.802. The van der Waals surface area contributed by atoms with Gasteiger partial charge in [0.15, 0.2) is 0 Å². The van der Waals surface area contributed by atoms with Gasteiger partial charge in [-0.3, -0.25) is 0 Å². The molecule has 1 N–H and O–H groups in total. The zero-order valence-corrected chi connectivity index (χ0v) is 12.3. The summed E-state index contributed by atoms with van der Waals surface area (Å²) in [6.45, 7) is 6.16. The van der Waals surface area contributed by atoms with E-state index in [1.54, 1.807) is 0 Å². The Bertz CT molecular complexity index is 549. The summed E-state index contributed by atoms with van der Waals surface area (Å²) >= 11 is 5.96. The lowest BCUT2D eigenvalue weighted by molar-refractivity contribution is 0.683. The molecule has 0 fully saturated rings. The molecule has 0 amide bonds. The van der Waals surface area contributed by atoms with Crippen LogP contribution in [0.1, 0.15) is 22.3 Å². The van der Waals surface area contributed by atoms with Crippen LogP contribution in [-0.2, 0) is 13.0 Å². The molecule has 0 saturated carbocycles. The smallest absolute Gasteiger partial charge is 0.0408 e. The average Bonchev–Trinajstić information content (AvgIpc) is 2.38. The Hall–Kier alpha value is -1.31. The van der Waals surface area contributed by atoms with Crippen LogP contribution in [0.5, 0.6) is 0 Å². The fourth-order valence-corrected chi connectivity index (χ4v) is 2.42. The summed E-state index contributed by atoms with van der Waals surface area (Å²) < 4.78 is 0. The van der Waals surface area contributed by atoms with Gasteiger partial charge in [-0.2, -0.15) is 0 Å². The summed E-state index contributed by atoms with van der Waals surface area (Å²) in [6, 6.07) is 14.6. The number of benzene rings is 2. The van der Waals surface area contributed by atoms with Gasteiger partial charge in [-0.25, -0.2) is 0 Å². The van der Waals surface area contributed by atoms with E-state index in [1.807, 2.05) is 12.1 Å². The van der Waals surface area contributed by atoms with Crippen LogP contribution < -0.4 is 5.32 Å². The van der Waals surface area contributed by atoms with E-state index < -0.39 is 0 Å². The Morgan fingerprint density at radius 1 is 0.947 bits per heavy atom. The van der Waals surface area contributed by atoms with Crippen molar-refractivity contribution in [3.05, 3.63) is 69.7 Å². The second kappa shape index (κ2) is 6.74. The number of aryl methyl sites for hydroxylation is 2. The minimum absolute atomic E-state index is 0.807. The Morgan fingerprint density at radius 2 is 1.74 bits per heavy atom. The van der Waals surface area contributed by atoms with Crippen molar-refractivity contribution in [2.24, 2.45) is 0 Å². The number of hydrogen-bond acceptors (Lipinski definition) is 1. The number of hydrogen-bond donors (Lipinski definition) is 1. The first-order valence-corrected chi connectivity index (χ1v) is 7.05. The molecule has 2 rings (SSSR count). The maximum Gasteiger partial charge on any atom is 0.0408 e. The van der Waals surface area contributed by atoms with E-state index in [0.717, 1.165) is 24.5 Å². The summed E-state index contributed by atoms with van der Waals surface area (Å²) in [6.07, 6.45) is 1.07. The minimum atomic E-state index is 0.807. The molecule has 19 heavy (non-hydrogen) atoms. The second-order valence-electron chi connectivity index (χ2n) is 4.92. The van der Waals surface area contributed by atoms with Gasteiger partial charge in [-0.15, -0.1) is 0 Å². The largest absolute Gasteiger partial charge is 0.312 e. The summed E-state index contributed by atoms with van der Waals surface area (Å²) in [7, 11) is 0. The molecule has 2 aromatic rings. The number of nitrogens with one attached hydrogen (secondary N) is 1. The Balaban J connectivity index is 1.83. The Morgan fingerprint density at radius 3 is 2.47 bits per heavy atom. The van der Waals surface area contributed by atoms with E-state index in [9.17, 15) is 0 Å². The predicted molar refractivity (Wildman–Crippen MR) is 82.8 cm³/mol. The summed E-state index contributed by atoms with van der Waals surface area (Å²) in [5.74, 6) is 0. The first-order valence-electron chi connectivity index (χ1n) is 6.67. The van der Waals surface area contributed by atoms with Gasteiger partial charge in [0.05, 0.1) is 0 Å². The zero-order chi connectivity index (χ0) is 13.7. The molecule has 0 spiro atoms. The van der Waals surface area contributed by atoms with Crippen molar-refractivity contribution in [1.29, 1.82) is 0 Å². The van der Waals surface area contributed by atoms with Crippen molar-refractivity contribution in [3.8, 4) is 0 Å². The molecule has 0 radical (unpaired) electrons. The van der Waals surface area contributed by atoms with Gasteiger partial charge in [0.1, 0.15) is 0 Å². The third-order valence-corrected chi connectivity index (χ3v) is 3.69. The van der Waals surface area contributed by atoms with E-state index >= 15 is 0 Å². The van der Waals surface area contributed by atoms with E-state index in [0.29, 0.717) is 0 Å². The van der Waals surface area contributed by atoms with Crippen molar-refractivity contribution in [2.45, 2.75) is 26.8 Å². The molecular weight excluding hydrogens is 254 g/mol. The minimum Gasteiger partial charge on any atom is -0.312 e. The van der Waals surface area contributed by atoms with Gasteiger partial charge in [0, 0.05) is 11.6 Å². The van der Waals surface area contributed by atoms with Crippen LogP contribution in [0, 0.1) is 13.8 Å². The highest BCUT2D eigenvalue weighted by Crippen LogP contribution is 2.15. The van der Waals surface area contributed by atoms with Crippen molar-refractivity contribution >= 4 is 11.6 Å². The molecule has 0 unspecified atom stereocenters. The molecule has 0 heterocycles. The van der Waals surface area contributed by atoms with Crippen molar-refractivity contribution < 1.29 is 0 Å². The van der Waals surface area contributed by atoms with Gasteiger partial charge < -0.3 is 5.32 Å². The molecule has 0 bridgehead atoms. The molecule has 0 atom stereocenters. The van der Waals surface area contributed by atoms with Crippen molar-refractivity contribution in [1.82, 2.24) is 5.32 Å². The first-order chi connectivity index (χ1) is 9.16. The molecule has 0 aliphatic heterocycles. The lowest BCUT2D eigenvalue weighted by atomic mass is 10.1. The van der Waals surface area contributed by atoms with Gasteiger partial charge in [-0.1, -0.05) is 41.9 Å². The second-order valence-corrected chi connectivity index (χ2v) is 5.36. The van der Waals surface area contributed by atoms with Crippen LogP contribution in [0.4, 0.5) is 0 Å². The summed E-state index contributed by atoms with van der Waals surface area (Å²) in [4.78, 5) is 0. The molecule has 0 aromatic heterocycles. The van der Waals surface area contributed by atoms with Crippen LogP contribution in [-0.4, -0.2) is 6.54 Å². The zero-order valence-electron chi connectivity index (χ0n) is 11.5. The fourth-order valence-electron chi connectivity index (χ4n) is 2.19. The van der Waals surface area contributed by atoms with Crippen molar-refractivity contribution in [3.63, 3.8) is 0 Å². The molecule has 2 heteroatoms. The van der Waals surface area contributed by atoms with Gasteiger partial charge in [-0.05, 0) is 61.2 Å². The van der Waals surface area contributed by atoms with E-state index in [1.165, 1.54) is 22.3 Å². The topological polar surface area (TPSA) is 12.0 Å². The number of halogens is 1. The van der Waals surface area contributed by atoms with Crippen LogP contribution in [0.2, 0.25) is 5.02 Å². The van der Waals surface area contributed by atoms with Gasteiger partial charge in [0.2, 0.25) is 0 Å². The van der Waals surface area contributed by atoms with Crippen LogP contribution in [0.15, 0.2) is 42.5 Å². The highest BCUT2D eigenvalue weighted by molar-refractivity contribution is 6.30. The highest BCUT2D eigenvalue weighted by atomic mass is 35.5. The third-order valence-electron chi connectivity index (χ3n) is 3.45. The third kappa shape index (κ3) is 4.09. The van der Waals surface area contributed by atoms with Crippen LogP contribution in [0.3, 0.4) is 0 Å². The lowest BCUT2D eigenvalue weighted by Gasteiger charge is -2.09. The SMILES string of the molecule is Cc1ccccc1CCNCc1ccc(Cl)cc1C. The molecule has 0 aliphatic rings. The molecular formula is C17H20ClN. The van der Waals surface area contributed by atoms with Gasteiger partial charge in [0.25, 0.3) is 0 Å². The predicted octanol–water partition coefficient (Wildman–Crippen LogP) is 4.29. The number of rotatable bonds is 5. The molecule has 0 aliphatic carbocycles. The standard InChI is InChI=1S/C17H20ClN/c1-13-5-3-4-6-15(13)9-10-19-12-16-7-8-17(18)11-14(16)2/h3-8,11,19H,9-10,12H2,1-2H3. The van der Waals surface area contributed by atoms with Crippen LogP contribution >= 0.6 is 11.6 Å². The summed E-state index contributed by atoms with van der Waals surface area (Å²) in [5.41, 5.74) is 5.35. The molecule has 2 aromatic carbocycles. The maximum atomic E-state index is 5.96. The summed E-state index contributed by atoms with van der Waals surface area (Å²) in [5, 5.41) is 4.30. The van der Waals surface area contributed by atoms with Gasteiger partial charge >= 0.3 is 0 Å². The van der Waals surface area contributed by atoms with E-state index in [2.05, 4.69) is 49.5 Å². The fraction of sp³-hybridized carbons (Fsp3) is 0.294.